The van der Waals surface area contributed by atoms with E-state index in [2.05, 4.69) is 10.2 Å². The van der Waals surface area contributed by atoms with Gasteiger partial charge in [-0.1, -0.05) is 35.5 Å². The molecule has 0 aliphatic carbocycles. The number of benzene rings is 2. The first kappa shape index (κ1) is 22.7. The number of aryl methyl sites for hydroxylation is 2. The molecule has 2 heterocycles. The highest BCUT2D eigenvalue weighted by molar-refractivity contribution is 7.99. The summed E-state index contributed by atoms with van der Waals surface area (Å²) in [6.45, 7) is 5.25. The van der Waals surface area contributed by atoms with Crippen molar-refractivity contribution in [3.63, 3.8) is 0 Å². The predicted molar refractivity (Wildman–Crippen MR) is 120 cm³/mol. The third-order valence-electron chi connectivity index (χ3n) is 5.12. The molecule has 32 heavy (non-hydrogen) atoms. The van der Waals surface area contributed by atoms with Gasteiger partial charge in [-0.15, -0.1) is 10.2 Å². The molecule has 0 saturated carbocycles. The highest BCUT2D eigenvalue weighted by atomic mass is 32.2. The van der Waals surface area contributed by atoms with E-state index in [0.29, 0.717) is 37.4 Å². The summed E-state index contributed by atoms with van der Waals surface area (Å²) in [6.07, 6.45) is 0. The first-order valence-electron chi connectivity index (χ1n) is 10.1. The molecule has 3 aromatic rings. The zero-order valence-electron chi connectivity index (χ0n) is 17.8. The van der Waals surface area contributed by atoms with Gasteiger partial charge in [0.2, 0.25) is 15.9 Å². The molecule has 0 unspecified atom stereocenters. The van der Waals surface area contributed by atoms with Crippen LogP contribution < -0.4 is 0 Å². The molecule has 0 amide bonds. The van der Waals surface area contributed by atoms with Crippen molar-refractivity contribution < 1.29 is 22.4 Å². The van der Waals surface area contributed by atoms with Crippen LogP contribution in [0.4, 0.5) is 0 Å². The Hall–Kier alpha value is -2.53. The van der Waals surface area contributed by atoms with Crippen LogP contribution in [0.3, 0.4) is 0 Å². The number of nitrogens with zero attached hydrogens (tertiary/aromatic N) is 3. The molecule has 0 N–H and O–H groups in total. The monoisotopic (exact) mass is 473 g/mol. The Morgan fingerprint density at radius 1 is 1.09 bits per heavy atom. The summed E-state index contributed by atoms with van der Waals surface area (Å²) >= 11 is 1.16. The lowest BCUT2D eigenvalue weighted by Gasteiger charge is -2.26. The first-order chi connectivity index (χ1) is 15.3. The van der Waals surface area contributed by atoms with E-state index in [-0.39, 0.29) is 27.5 Å². The number of rotatable bonds is 7. The van der Waals surface area contributed by atoms with Crippen LogP contribution in [0.1, 0.15) is 21.5 Å². The van der Waals surface area contributed by atoms with Crippen molar-refractivity contribution in [3.05, 3.63) is 59.2 Å². The van der Waals surface area contributed by atoms with E-state index in [0.717, 1.165) is 22.9 Å². The third kappa shape index (κ3) is 4.93. The van der Waals surface area contributed by atoms with Gasteiger partial charge in [-0.05, 0) is 43.7 Å². The molecule has 0 atom stereocenters. The van der Waals surface area contributed by atoms with E-state index in [1.807, 2.05) is 32.0 Å². The number of ketones is 1. The van der Waals surface area contributed by atoms with Crippen molar-refractivity contribution in [2.24, 2.45) is 0 Å². The average Bonchev–Trinajstić information content (AvgIpc) is 3.29. The van der Waals surface area contributed by atoms with Gasteiger partial charge in [-0.25, -0.2) is 8.42 Å². The lowest BCUT2D eigenvalue weighted by atomic mass is 10.0. The fourth-order valence-electron chi connectivity index (χ4n) is 3.35. The average molecular weight is 474 g/mol. The number of morpholine rings is 1. The molecule has 4 rings (SSSR count). The molecular weight excluding hydrogens is 450 g/mol. The molecule has 1 saturated heterocycles. The van der Waals surface area contributed by atoms with Crippen molar-refractivity contribution in [2.45, 2.75) is 24.0 Å². The zero-order chi connectivity index (χ0) is 22.7. The van der Waals surface area contributed by atoms with Crippen LogP contribution in [0.15, 0.2) is 57.0 Å². The Kier molecular flexibility index (Phi) is 6.75. The lowest BCUT2D eigenvalue weighted by molar-refractivity contribution is 0.0730. The van der Waals surface area contributed by atoms with Gasteiger partial charge in [0, 0.05) is 24.2 Å². The van der Waals surface area contributed by atoms with Crippen LogP contribution in [-0.4, -0.2) is 60.8 Å². The molecule has 2 aromatic carbocycles. The van der Waals surface area contributed by atoms with Gasteiger partial charge in [-0.3, -0.25) is 4.79 Å². The van der Waals surface area contributed by atoms with Crippen LogP contribution >= 0.6 is 11.8 Å². The number of hydrogen-bond acceptors (Lipinski definition) is 8. The molecule has 1 aliphatic rings. The van der Waals surface area contributed by atoms with Crippen molar-refractivity contribution in [1.82, 2.24) is 14.5 Å². The second-order valence-corrected chi connectivity index (χ2v) is 10.3. The van der Waals surface area contributed by atoms with Gasteiger partial charge in [-0.2, -0.15) is 4.31 Å². The Morgan fingerprint density at radius 3 is 2.66 bits per heavy atom. The van der Waals surface area contributed by atoms with Gasteiger partial charge in [0.1, 0.15) is 0 Å². The van der Waals surface area contributed by atoms with E-state index in [9.17, 15) is 13.2 Å². The summed E-state index contributed by atoms with van der Waals surface area (Å²) in [5.41, 5.74) is 3.12. The van der Waals surface area contributed by atoms with E-state index in [1.54, 1.807) is 18.2 Å². The second-order valence-electron chi connectivity index (χ2n) is 7.45. The summed E-state index contributed by atoms with van der Waals surface area (Å²) < 4.78 is 38.1. The van der Waals surface area contributed by atoms with Gasteiger partial charge < -0.3 is 9.15 Å². The minimum absolute atomic E-state index is 0.0189. The lowest BCUT2D eigenvalue weighted by Crippen LogP contribution is -2.40. The van der Waals surface area contributed by atoms with Crippen molar-refractivity contribution >= 4 is 27.6 Å². The molecule has 1 aromatic heterocycles. The molecule has 0 bridgehead atoms. The van der Waals surface area contributed by atoms with Gasteiger partial charge in [0.15, 0.2) is 5.78 Å². The fourth-order valence-corrected chi connectivity index (χ4v) is 5.45. The molecule has 1 aliphatic heterocycles. The second kappa shape index (κ2) is 9.53. The molecule has 168 valence electrons. The number of ether oxygens (including phenoxy) is 1. The van der Waals surface area contributed by atoms with Crippen LogP contribution in [0, 0.1) is 13.8 Å². The van der Waals surface area contributed by atoms with Crippen molar-refractivity contribution in [3.8, 4) is 11.5 Å². The minimum atomic E-state index is -3.63. The van der Waals surface area contributed by atoms with E-state index in [1.165, 1.54) is 10.4 Å². The number of carbonyl (C=O) groups excluding carboxylic acids is 1. The maximum atomic E-state index is 12.9. The summed E-state index contributed by atoms with van der Waals surface area (Å²) in [4.78, 5) is 12.7. The van der Waals surface area contributed by atoms with Gasteiger partial charge in [0.25, 0.3) is 5.22 Å². The third-order valence-corrected chi connectivity index (χ3v) is 7.83. The highest BCUT2D eigenvalue weighted by Gasteiger charge is 2.27. The van der Waals surface area contributed by atoms with Crippen LogP contribution in [-0.2, 0) is 14.8 Å². The molecule has 10 heteroatoms. The summed E-state index contributed by atoms with van der Waals surface area (Å²) in [5, 5.41) is 8.27. The zero-order valence-corrected chi connectivity index (χ0v) is 19.4. The van der Waals surface area contributed by atoms with E-state index in [4.69, 9.17) is 9.15 Å². The molecule has 0 radical (unpaired) electrons. The normalized spacial score (nSPS) is 15.1. The fraction of sp³-hybridized carbons (Fsp3) is 0.318. The van der Waals surface area contributed by atoms with Crippen LogP contribution in [0.2, 0.25) is 0 Å². The Balaban J connectivity index is 1.47. The Morgan fingerprint density at radius 2 is 1.88 bits per heavy atom. The maximum absolute atomic E-state index is 12.9. The summed E-state index contributed by atoms with van der Waals surface area (Å²) in [6, 6.07) is 12.2. The topological polar surface area (TPSA) is 103 Å². The predicted octanol–water partition coefficient (Wildman–Crippen LogP) is 3.35. The molecular formula is C22H23N3O5S2. The summed E-state index contributed by atoms with van der Waals surface area (Å²) in [7, 11) is -3.63. The quantitative estimate of drug-likeness (QED) is 0.380. The number of thioether (sulfide) groups is 1. The Labute approximate surface area is 191 Å². The SMILES string of the molecule is Cc1ccc(C)c(C(=O)CSc2nnc(-c3cccc(S(=O)(=O)N4CCOCC4)c3)o2)c1. The number of carbonyl (C=O) groups is 1. The van der Waals surface area contributed by atoms with Gasteiger partial charge >= 0.3 is 0 Å². The van der Waals surface area contributed by atoms with Crippen LogP contribution in [0.5, 0.6) is 0 Å². The number of hydrogen-bond donors (Lipinski definition) is 0. The van der Waals surface area contributed by atoms with Crippen molar-refractivity contribution in [1.29, 1.82) is 0 Å². The number of Topliss-reactive ketones (excluding diaryl/α,β-unsaturated/α-hetero) is 1. The minimum Gasteiger partial charge on any atom is -0.411 e. The molecule has 8 nitrogen and oxygen atoms in total. The Bertz CT molecular complexity index is 1230. The molecule has 1 fully saturated rings. The van der Waals surface area contributed by atoms with E-state index >= 15 is 0 Å². The van der Waals surface area contributed by atoms with E-state index < -0.39 is 10.0 Å². The maximum Gasteiger partial charge on any atom is 0.277 e. The van der Waals surface area contributed by atoms with Crippen molar-refractivity contribution in [2.75, 3.05) is 32.1 Å². The van der Waals surface area contributed by atoms with Gasteiger partial charge in [0.05, 0.1) is 23.9 Å². The highest BCUT2D eigenvalue weighted by Crippen LogP contribution is 2.27. The first-order valence-corrected chi connectivity index (χ1v) is 12.5. The largest absolute Gasteiger partial charge is 0.411 e. The summed E-state index contributed by atoms with van der Waals surface area (Å²) in [5.74, 6) is 0.345. The van der Waals surface area contributed by atoms with Crippen LogP contribution in [0.25, 0.3) is 11.5 Å². The standard InChI is InChI=1S/C22H23N3O5S2/c1-15-6-7-16(2)19(12-15)20(26)14-31-22-24-23-21(30-22)17-4-3-5-18(13-17)32(27,28)25-8-10-29-11-9-25/h3-7,12-13H,8-11,14H2,1-2H3. The molecule has 0 spiro atoms. The number of aromatic nitrogens is 2. The smallest absolute Gasteiger partial charge is 0.277 e. The number of sulfonamides is 1.